The highest BCUT2D eigenvalue weighted by atomic mass is 32.2. The van der Waals surface area contributed by atoms with Crippen molar-refractivity contribution in [3.8, 4) is 0 Å². The third-order valence-electron chi connectivity index (χ3n) is 2.53. The van der Waals surface area contributed by atoms with E-state index < -0.39 is 58.8 Å². The largest absolute Gasteiger partial charge is 0.389 e. The maximum Gasteiger partial charge on any atom is 0.389 e. The third-order valence-corrected chi connectivity index (χ3v) is 3.89. The molecule has 0 radical (unpaired) electrons. The van der Waals surface area contributed by atoms with Crippen molar-refractivity contribution in [3.63, 3.8) is 0 Å². The number of hydrogen-bond acceptors (Lipinski definition) is 3. The summed E-state index contributed by atoms with van der Waals surface area (Å²) in [6.07, 6.45) is -7.26. The Morgan fingerprint density at radius 2 is 1.82 bits per heavy atom. The molecule has 22 heavy (non-hydrogen) atoms. The average molecular weight is 345 g/mol. The Bertz CT molecular complexity index is 643. The normalized spacial score (nSPS) is 12.2. The van der Waals surface area contributed by atoms with Crippen LogP contribution in [0.5, 0.6) is 0 Å². The van der Waals surface area contributed by atoms with Crippen LogP contribution in [-0.2, 0) is 21.2 Å². The molecule has 0 spiro atoms. The molecule has 0 aromatic heterocycles. The molecule has 1 rings (SSSR count). The Kier molecular flexibility index (Phi) is 5.86. The summed E-state index contributed by atoms with van der Waals surface area (Å²) < 4.78 is 86.2. The van der Waals surface area contributed by atoms with Gasteiger partial charge in [0, 0.05) is 12.0 Å². The minimum absolute atomic E-state index is 0.358. The summed E-state index contributed by atoms with van der Waals surface area (Å²) in [7, 11) is -4.26. The summed E-state index contributed by atoms with van der Waals surface area (Å²) in [6.45, 7) is 0. The van der Waals surface area contributed by atoms with Crippen LogP contribution in [0, 0.1) is 11.6 Å². The number of halogens is 5. The minimum Gasteiger partial charge on any atom is -0.274 e. The van der Waals surface area contributed by atoms with Crippen LogP contribution in [0.15, 0.2) is 18.2 Å². The summed E-state index contributed by atoms with van der Waals surface area (Å²) >= 11 is 0. The number of alkyl halides is 3. The molecule has 0 aliphatic carbocycles. The molecule has 124 valence electrons. The van der Waals surface area contributed by atoms with Crippen molar-refractivity contribution in [2.75, 3.05) is 5.75 Å². The minimum atomic E-state index is -4.50. The fourth-order valence-corrected chi connectivity index (χ4v) is 2.63. The van der Waals surface area contributed by atoms with E-state index in [4.69, 9.17) is 0 Å². The van der Waals surface area contributed by atoms with Crippen LogP contribution in [0.3, 0.4) is 0 Å². The van der Waals surface area contributed by atoms with Crippen molar-refractivity contribution in [1.29, 1.82) is 0 Å². The predicted octanol–water partition coefficient (Wildman–Crippen LogP) is 2.30. The van der Waals surface area contributed by atoms with Gasteiger partial charge in [-0.15, -0.1) is 0 Å². The number of benzene rings is 1. The highest BCUT2D eigenvalue weighted by Gasteiger charge is 2.27. The Hall–Kier alpha value is -1.71. The summed E-state index contributed by atoms with van der Waals surface area (Å²) in [5.41, 5.74) is -0.358. The van der Waals surface area contributed by atoms with Gasteiger partial charge in [-0.1, -0.05) is 12.1 Å². The van der Waals surface area contributed by atoms with Crippen molar-refractivity contribution in [3.05, 3.63) is 35.4 Å². The van der Waals surface area contributed by atoms with Crippen LogP contribution in [0.2, 0.25) is 0 Å². The number of nitrogens with one attached hydrogen (secondary N) is 1. The fraction of sp³-hybridized carbons (Fsp3) is 0.417. The number of carbonyl (C=O) groups excluding carboxylic acids is 1. The Morgan fingerprint density at radius 1 is 1.18 bits per heavy atom. The topological polar surface area (TPSA) is 63.2 Å². The van der Waals surface area contributed by atoms with Crippen molar-refractivity contribution in [1.82, 2.24) is 4.72 Å². The summed E-state index contributed by atoms with van der Waals surface area (Å²) in [5.74, 6) is -4.54. The summed E-state index contributed by atoms with van der Waals surface area (Å²) in [4.78, 5) is 11.5. The lowest BCUT2D eigenvalue weighted by atomic mass is 10.1. The lowest BCUT2D eigenvalue weighted by Gasteiger charge is -2.09. The SMILES string of the molecule is O=C(Cc1cccc(F)c1F)NS(=O)(=O)CCCC(F)(F)F. The maximum atomic E-state index is 13.3. The quantitative estimate of drug-likeness (QED) is 0.805. The van der Waals surface area contributed by atoms with Crippen LogP contribution in [-0.4, -0.2) is 26.3 Å². The van der Waals surface area contributed by atoms with Gasteiger partial charge >= 0.3 is 6.18 Å². The van der Waals surface area contributed by atoms with Gasteiger partial charge in [-0.05, 0) is 12.5 Å². The number of hydrogen-bond donors (Lipinski definition) is 1. The summed E-state index contributed by atoms with van der Waals surface area (Å²) in [6, 6.07) is 3.05. The van der Waals surface area contributed by atoms with E-state index in [1.165, 1.54) is 4.72 Å². The van der Waals surface area contributed by atoms with E-state index in [1.807, 2.05) is 0 Å². The zero-order valence-corrected chi connectivity index (χ0v) is 11.9. The predicted molar refractivity (Wildman–Crippen MR) is 67.3 cm³/mol. The van der Waals surface area contributed by atoms with Crippen LogP contribution in [0.1, 0.15) is 18.4 Å². The van der Waals surface area contributed by atoms with Crippen LogP contribution >= 0.6 is 0 Å². The standard InChI is InChI=1S/C12H12F5NO3S/c13-9-4-1-3-8(11(9)14)7-10(19)18-22(20,21)6-2-5-12(15,16)17/h1,3-4H,2,5-7H2,(H,18,19). The molecule has 4 nitrogen and oxygen atoms in total. The molecule has 0 bridgehead atoms. The lowest BCUT2D eigenvalue weighted by Crippen LogP contribution is -2.34. The molecule has 0 saturated heterocycles. The number of sulfonamides is 1. The van der Waals surface area contributed by atoms with Gasteiger partial charge in [0.2, 0.25) is 15.9 Å². The fourth-order valence-electron chi connectivity index (χ4n) is 1.58. The zero-order valence-electron chi connectivity index (χ0n) is 11.1. The van der Waals surface area contributed by atoms with Gasteiger partial charge in [0.25, 0.3) is 0 Å². The molecule has 1 aromatic rings. The molecule has 0 aliphatic heterocycles. The molecule has 0 heterocycles. The van der Waals surface area contributed by atoms with Gasteiger partial charge in [0.15, 0.2) is 11.6 Å². The molecule has 1 N–H and O–H groups in total. The number of amides is 1. The second kappa shape index (κ2) is 7.03. The van der Waals surface area contributed by atoms with Crippen LogP contribution in [0.4, 0.5) is 22.0 Å². The van der Waals surface area contributed by atoms with Gasteiger partial charge in [-0.3, -0.25) is 9.52 Å². The highest BCUT2D eigenvalue weighted by molar-refractivity contribution is 7.90. The summed E-state index contributed by atoms with van der Waals surface area (Å²) in [5, 5.41) is 0. The first-order valence-corrected chi connectivity index (χ1v) is 7.68. The van der Waals surface area contributed by atoms with Crippen molar-refractivity contribution in [2.24, 2.45) is 0 Å². The Balaban J connectivity index is 2.58. The molecular formula is C12H12F5NO3S. The van der Waals surface area contributed by atoms with Crippen molar-refractivity contribution in [2.45, 2.75) is 25.4 Å². The molecule has 0 fully saturated rings. The van der Waals surface area contributed by atoms with E-state index in [0.717, 1.165) is 18.2 Å². The lowest BCUT2D eigenvalue weighted by molar-refractivity contribution is -0.134. The first-order chi connectivity index (χ1) is 10.0. The molecule has 0 unspecified atom stereocenters. The van der Waals surface area contributed by atoms with Gasteiger partial charge in [0.05, 0.1) is 12.2 Å². The smallest absolute Gasteiger partial charge is 0.274 e. The monoisotopic (exact) mass is 345 g/mol. The van der Waals surface area contributed by atoms with Gasteiger partial charge in [-0.2, -0.15) is 13.2 Å². The first-order valence-electron chi connectivity index (χ1n) is 6.03. The average Bonchev–Trinajstić information content (AvgIpc) is 2.32. The first kappa shape index (κ1) is 18.3. The van der Waals surface area contributed by atoms with Crippen LogP contribution in [0.25, 0.3) is 0 Å². The molecule has 0 atom stereocenters. The molecular weight excluding hydrogens is 333 g/mol. The molecule has 1 aromatic carbocycles. The molecule has 0 saturated carbocycles. The second-order valence-corrected chi connectivity index (χ2v) is 6.29. The Labute approximate surface area is 123 Å². The van der Waals surface area contributed by atoms with E-state index in [9.17, 15) is 35.2 Å². The maximum absolute atomic E-state index is 13.3. The van der Waals surface area contributed by atoms with Crippen molar-refractivity contribution >= 4 is 15.9 Å². The Morgan fingerprint density at radius 3 is 2.41 bits per heavy atom. The molecule has 0 aliphatic rings. The van der Waals surface area contributed by atoms with Crippen LogP contribution < -0.4 is 4.72 Å². The van der Waals surface area contributed by atoms with E-state index >= 15 is 0 Å². The second-order valence-electron chi connectivity index (χ2n) is 4.45. The van der Waals surface area contributed by atoms with Crippen molar-refractivity contribution < 1.29 is 35.2 Å². The highest BCUT2D eigenvalue weighted by Crippen LogP contribution is 2.21. The molecule has 1 amide bonds. The molecule has 10 heteroatoms. The van der Waals surface area contributed by atoms with Gasteiger partial charge in [-0.25, -0.2) is 17.2 Å². The third kappa shape index (κ3) is 6.37. The van der Waals surface area contributed by atoms with E-state index in [2.05, 4.69) is 0 Å². The van der Waals surface area contributed by atoms with Gasteiger partial charge < -0.3 is 0 Å². The van der Waals surface area contributed by atoms with Gasteiger partial charge in [0.1, 0.15) is 0 Å². The van der Waals surface area contributed by atoms with E-state index in [1.54, 1.807) is 0 Å². The number of rotatable bonds is 6. The van der Waals surface area contributed by atoms with E-state index in [0.29, 0.717) is 0 Å². The number of carbonyl (C=O) groups is 1. The van der Waals surface area contributed by atoms with E-state index in [-0.39, 0.29) is 5.56 Å². The zero-order chi connectivity index (χ0) is 17.0.